The molecule has 0 unspecified atom stereocenters. The molecule has 2 fully saturated rings. The van der Waals surface area contributed by atoms with E-state index in [2.05, 4.69) is 10.6 Å². The molecule has 0 radical (unpaired) electrons. The molecular weight excluding hydrogens is 475 g/mol. The summed E-state index contributed by atoms with van der Waals surface area (Å²) in [6.45, 7) is -0.170. The number of urea groups is 1. The lowest BCUT2D eigenvalue weighted by Crippen LogP contribution is -2.33. The molecule has 2 aromatic carbocycles. The summed E-state index contributed by atoms with van der Waals surface area (Å²) in [4.78, 5) is 25.4. The van der Waals surface area contributed by atoms with Crippen LogP contribution in [0.4, 0.5) is 51.7 Å². The van der Waals surface area contributed by atoms with Gasteiger partial charge in [-0.2, -0.15) is 26.3 Å². The molecule has 182 valence electrons. The number of anilines is 2. The maximum atomic E-state index is 14.0. The molecule has 0 atom stereocenters. The van der Waals surface area contributed by atoms with Crippen LogP contribution in [0, 0.1) is 5.82 Å². The van der Waals surface area contributed by atoms with Crippen molar-refractivity contribution < 1.29 is 45.1 Å². The zero-order chi connectivity index (χ0) is 24.9. The van der Waals surface area contributed by atoms with Gasteiger partial charge in [-0.15, -0.1) is 0 Å². The average molecular weight is 491 g/mol. The van der Waals surface area contributed by atoms with E-state index in [1.807, 2.05) is 0 Å². The Bertz CT molecular complexity index is 1130. The molecule has 13 heteroatoms. The lowest BCUT2D eigenvalue weighted by molar-refractivity contribution is -0.144. The summed E-state index contributed by atoms with van der Waals surface area (Å²) in [5.41, 5.74) is -6.42. The van der Waals surface area contributed by atoms with E-state index in [1.54, 1.807) is 0 Å². The van der Waals surface area contributed by atoms with Crippen LogP contribution in [0.2, 0.25) is 0 Å². The third kappa shape index (κ3) is 4.59. The van der Waals surface area contributed by atoms with E-state index in [1.165, 1.54) is 12.1 Å². The van der Waals surface area contributed by atoms with E-state index in [9.17, 15) is 40.3 Å². The quantitative estimate of drug-likeness (QED) is 0.545. The molecule has 1 aliphatic carbocycles. The molecule has 0 aromatic heterocycles. The molecule has 0 bridgehead atoms. The second kappa shape index (κ2) is 8.06. The van der Waals surface area contributed by atoms with E-state index >= 15 is 0 Å². The fraction of sp³-hybridized carbons (Fsp3) is 0.333. The smallest absolute Gasteiger partial charge is 0.416 e. The summed E-state index contributed by atoms with van der Waals surface area (Å²) in [5, 5.41) is 4.58. The SMILES string of the molecule is O=C(Nc1ccc(F)cc1)OC1(c2c(N3CCNC3=O)cc(C(F)(F)F)cc2C(F)(F)F)CC1. The minimum Gasteiger partial charge on any atom is -0.438 e. The van der Waals surface area contributed by atoms with Crippen LogP contribution in [-0.2, 0) is 22.7 Å². The van der Waals surface area contributed by atoms with Gasteiger partial charge in [0.2, 0.25) is 0 Å². The number of nitrogens with zero attached hydrogens (tertiary/aromatic N) is 1. The molecule has 2 aliphatic rings. The van der Waals surface area contributed by atoms with Crippen molar-refractivity contribution in [3.8, 4) is 0 Å². The number of hydrogen-bond donors (Lipinski definition) is 2. The molecule has 1 saturated carbocycles. The summed E-state index contributed by atoms with van der Waals surface area (Å²) < 4.78 is 101. The van der Waals surface area contributed by atoms with Crippen molar-refractivity contribution in [3.05, 3.63) is 58.9 Å². The zero-order valence-corrected chi connectivity index (χ0v) is 17.1. The number of hydrogen-bond acceptors (Lipinski definition) is 3. The first kappa shape index (κ1) is 23.6. The number of nitrogens with one attached hydrogen (secondary N) is 2. The first-order valence-electron chi connectivity index (χ1n) is 9.94. The normalized spacial score (nSPS) is 17.4. The zero-order valence-electron chi connectivity index (χ0n) is 17.1. The van der Waals surface area contributed by atoms with Crippen molar-refractivity contribution in [2.75, 3.05) is 23.3 Å². The van der Waals surface area contributed by atoms with Gasteiger partial charge in [-0.05, 0) is 49.2 Å². The second-order valence-corrected chi connectivity index (χ2v) is 7.81. The van der Waals surface area contributed by atoms with Crippen LogP contribution in [0.15, 0.2) is 36.4 Å². The Labute approximate surface area is 187 Å². The minimum absolute atomic E-state index is 0.00871. The first-order valence-corrected chi connectivity index (χ1v) is 9.94. The summed E-state index contributed by atoms with van der Waals surface area (Å²) in [7, 11) is 0. The van der Waals surface area contributed by atoms with Gasteiger partial charge in [0, 0.05) is 24.3 Å². The molecule has 6 nitrogen and oxygen atoms in total. The van der Waals surface area contributed by atoms with E-state index in [0.717, 1.165) is 17.0 Å². The number of ether oxygens (including phenoxy) is 1. The van der Waals surface area contributed by atoms with E-state index in [-0.39, 0.29) is 37.7 Å². The van der Waals surface area contributed by atoms with E-state index in [0.29, 0.717) is 6.07 Å². The van der Waals surface area contributed by atoms with Crippen LogP contribution in [0.25, 0.3) is 0 Å². The number of carbonyl (C=O) groups excluding carboxylic acids is 2. The highest BCUT2D eigenvalue weighted by atomic mass is 19.4. The molecule has 34 heavy (non-hydrogen) atoms. The molecule has 4 rings (SSSR count). The van der Waals surface area contributed by atoms with Gasteiger partial charge in [-0.1, -0.05) is 0 Å². The third-order valence-corrected chi connectivity index (χ3v) is 5.44. The second-order valence-electron chi connectivity index (χ2n) is 7.81. The van der Waals surface area contributed by atoms with Crippen LogP contribution < -0.4 is 15.5 Å². The average Bonchev–Trinajstić information content (AvgIpc) is 3.37. The highest BCUT2D eigenvalue weighted by molar-refractivity contribution is 5.96. The van der Waals surface area contributed by atoms with Gasteiger partial charge in [-0.25, -0.2) is 14.0 Å². The molecule has 1 heterocycles. The number of rotatable bonds is 4. The molecule has 2 N–H and O–H groups in total. The maximum absolute atomic E-state index is 14.0. The van der Waals surface area contributed by atoms with Crippen LogP contribution in [0.5, 0.6) is 0 Å². The Hall–Kier alpha value is -3.51. The minimum atomic E-state index is -5.24. The van der Waals surface area contributed by atoms with E-state index in [4.69, 9.17) is 4.74 Å². The lowest BCUT2D eigenvalue weighted by atomic mass is 9.94. The van der Waals surface area contributed by atoms with Crippen molar-refractivity contribution in [2.45, 2.75) is 30.8 Å². The monoisotopic (exact) mass is 491 g/mol. The molecule has 2 aromatic rings. The molecule has 1 saturated heterocycles. The van der Waals surface area contributed by atoms with Crippen LogP contribution >= 0.6 is 0 Å². The van der Waals surface area contributed by atoms with Crippen LogP contribution in [-0.4, -0.2) is 25.2 Å². The Morgan fingerprint density at radius 2 is 1.68 bits per heavy atom. The summed E-state index contributed by atoms with van der Waals surface area (Å²) in [5.74, 6) is -0.592. The fourth-order valence-corrected chi connectivity index (χ4v) is 3.78. The highest BCUT2D eigenvalue weighted by Crippen LogP contribution is 2.57. The molecule has 0 spiro atoms. The van der Waals surface area contributed by atoms with Crippen LogP contribution in [0.3, 0.4) is 0 Å². The van der Waals surface area contributed by atoms with Gasteiger partial charge < -0.3 is 10.1 Å². The summed E-state index contributed by atoms with van der Waals surface area (Å²) >= 11 is 0. The topological polar surface area (TPSA) is 70.7 Å². The first-order chi connectivity index (χ1) is 15.8. The number of alkyl halides is 6. The van der Waals surface area contributed by atoms with Gasteiger partial charge in [0.1, 0.15) is 11.4 Å². The summed E-state index contributed by atoms with van der Waals surface area (Å²) in [6, 6.07) is 3.98. The molecule has 3 amide bonds. The van der Waals surface area contributed by atoms with Gasteiger partial charge in [0.05, 0.1) is 16.8 Å². The van der Waals surface area contributed by atoms with Crippen molar-refractivity contribution in [2.24, 2.45) is 0 Å². The molecule has 1 aliphatic heterocycles. The van der Waals surface area contributed by atoms with Crippen LogP contribution in [0.1, 0.15) is 29.5 Å². The third-order valence-electron chi connectivity index (χ3n) is 5.44. The predicted octanol–water partition coefficient (Wildman–Crippen LogP) is 5.63. The van der Waals surface area contributed by atoms with E-state index < -0.39 is 58.3 Å². The molecular formula is C21H16F7N3O3. The van der Waals surface area contributed by atoms with Gasteiger partial charge in [-0.3, -0.25) is 10.2 Å². The Kier molecular flexibility index (Phi) is 5.61. The van der Waals surface area contributed by atoms with Crippen molar-refractivity contribution >= 4 is 23.5 Å². The number of benzene rings is 2. The predicted molar refractivity (Wildman–Crippen MR) is 105 cm³/mol. The van der Waals surface area contributed by atoms with Crippen molar-refractivity contribution in [1.29, 1.82) is 0 Å². The fourth-order valence-electron chi connectivity index (χ4n) is 3.78. The number of amides is 3. The largest absolute Gasteiger partial charge is 0.438 e. The van der Waals surface area contributed by atoms with Gasteiger partial charge in [0.15, 0.2) is 0 Å². The summed E-state index contributed by atoms with van der Waals surface area (Å²) in [6.07, 6.45) is -11.8. The van der Waals surface area contributed by atoms with Crippen molar-refractivity contribution in [1.82, 2.24) is 5.32 Å². The number of halogens is 7. The Morgan fingerprint density at radius 1 is 1.03 bits per heavy atom. The maximum Gasteiger partial charge on any atom is 0.416 e. The van der Waals surface area contributed by atoms with Gasteiger partial charge >= 0.3 is 24.5 Å². The lowest BCUT2D eigenvalue weighted by Gasteiger charge is -2.29. The standard InChI is InChI=1S/C21H16F7N3O3/c22-12-1-3-13(4-2-12)30-18(33)34-19(5-6-19)16-14(21(26,27)28)9-11(20(23,24)25)10-15(16)31-8-7-29-17(31)32/h1-4,9-10H,5-8H2,(H,29,32)(H,30,33). The highest BCUT2D eigenvalue weighted by Gasteiger charge is 2.56. The Balaban J connectivity index is 1.79. The Morgan fingerprint density at radius 3 is 2.18 bits per heavy atom. The number of carbonyl (C=O) groups is 2. The van der Waals surface area contributed by atoms with Gasteiger partial charge in [0.25, 0.3) is 0 Å². The van der Waals surface area contributed by atoms with Crippen molar-refractivity contribution in [3.63, 3.8) is 0 Å².